The Morgan fingerprint density at radius 2 is 1.53 bits per heavy atom. The van der Waals surface area contributed by atoms with E-state index in [0.717, 1.165) is 41.6 Å². The molecule has 1 aliphatic rings. The minimum Gasteiger partial charge on any atom is -0.455 e. The first-order chi connectivity index (χ1) is 22.0. The summed E-state index contributed by atoms with van der Waals surface area (Å²) in [6.07, 6.45) is 8.79. The lowest BCUT2D eigenvalue weighted by atomic mass is 9.72. The zero-order chi connectivity index (χ0) is 31.2. The van der Waals surface area contributed by atoms with E-state index in [2.05, 4.69) is 78.4 Å². The number of aromatic nitrogens is 2. The van der Waals surface area contributed by atoms with E-state index >= 15 is 0 Å². The Labute approximate surface area is 275 Å². The van der Waals surface area contributed by atoms with Gasteiger partial charge in [0.2, 0.25) is 0 Å². The number of para-hydroxylation sites is 1. The molecule has 1 atom stereocenters. The summed E-state index contributed by atoms with van der Waals surface area (Å²) in [6, 6.07) is 34.4. The van der Waals surface area contributed by atoms with Crippen molar-refractivity contribution in [2.45, 2.75) is 31.4 Å². The molecule has 4 nitrogen and oxygen atoms in total. The zero-order valence-corrected chi connectivity index (χ0v) is 26.6. The molecule has 1 heterocycles. The average molecular weight is 636 g/mol. The van der Waals surface area contributed by atoms with Gasteiger partial charge in [0.25, 0.3) is 0 Å². The molecule has 0 radical (unpaired) electrons. The van der Waals surface area contributed by atoms with Crippen LogP contribution < -0.4 is 4.74 Å². The Morgan fingerprint density at radius 1 is 0.867 bits per heavy atom. The molecular weight excluding hydrogens is 599 g/mol. The van der Waals surface area contributed by atoms with Crippen LogP contribution in [0, 0.1) is 11.8 Å². The van der Waals surface area contributed by atoms with Crippen LogP contribution in [0.25, 0.3) is 0 Å². The summed E-state index contributed by atoms with van der Waals surface area (Å²) in [5.41, 5.74) is 5.07. The van der Waals surface area contributed by atoms with E-state index in [-0.39, 0.29) is 5.92 Å². The molecule has 0 N–H and O–H groups in total. The van der Waals surface area contributed by atoms with Crippen molar-refractivity contribution in [2.24, 2.45) is 11.8 Å². The van der Waals surface area contributed by atoms with Crippen molar-refractivity contribution in [3.63, 3.8) is 0 Å². The Balaban J connectivity index is 1.26. The molecule has 0 fully saturated rings. The van der Waals surface area contributed by atoms with Gasteiger partial charge in [-0.3, -0.25) is 0 Å². The second-order valence-corrected chi connectivity index (χ2v) is 12.3. The molecule has 0 amide bonds. The summed E-state index contributed by atoms with van der Waals surface area (Å²) in [7, 11) is 0. The lowest BCUT2D eigenvalue weighted by Gasteiger charge is -2.42. The number of ether oxygens (including phenoxy) is 2. The summed E-state index contributed by atoms with van der Waals surface area (Å²) >= 11 is 12.4. The Morgan fingerprint density at radius 3 is 2.20 bits per heavy atom. The summed E-state index contributed by atoms with van der Waals surface area (Å²) in [5.74, 6) is 1.52. The molecule has 4 aromatic carbocycles. The minimum absolute atomic E-state index is 0.0807. The van der Waals surface area contributed by atoms with Crippen LogP contribution in [0.15, 0.2) is 135 Å². The van der Waals surface area contributed by atoms with E-state index in [1.807, 2.05) is 42.7 Å². The van der Waals surface area contributed by atoms with Crippen molar-refractivity contribution in [3.8, 4) is 11.5 Å². The van der Waals surface area contributed by atoms with Gasteiger partial charge in [-0.25, -0.2) is 4.98 Å². The van der Waals surface area contributed by atoms with Crippen molar-refractivity contribution in [1.82, 2.24) is 9.55 Å². The Kier molecular flexibility index (Phi) is 9.56. The van der Waals surface area contributed by atoms with Gasteiger partial charge in [0.1, 0.15) is 17.0 Å². The third kappa shape index (κ3) is 6.24. The number of rotatable bonds is 12. The number of aryl methyl sites for hydroxylation is 1. The van der Waals surface area contributed by atoms with Crippen LogP contribution in [-0.2, 0) is 29.7 Å². The van der Waals surface area contributed by atoms with Crippen LogP contribution in [0.5, 0.6) is 11.5 Å². The average Bonchev–Trinajstić information content (AvgIpc) is 3.50. The van der Waals surface area contributed by atoms with Crippen LogP contribution in [0.1, 0.15) is 34.5 Å². The molecule has 228 valence electrons. The summed E-state index contributed by atoms with van der Waals surface area (Å²) in [6.45, 7) is 9.55. The first-order valence-corrected chi connectivity index (χ1v) is 16.0. The summed E-state index contributed by atoms with van der Waals surface area (Å²) in [4.78, 5) is 4.97. The first-order valence-electron chi connectivity index (χ1n) is 15.2. The van der Waals surface area contributed by atoms with Gasteiger partial charge in [0, 0.05) is 22.2 Å². The maximum absolute atomic E-state index is 6.37. The van der Waals surface area contributed by atoms with E-state index in [1.54, 1.807) is 18.2 Å². The SMILES string of the molecule is C=CC(C=C)C(c1ccccc1)(c1ccccc1)n1cnc2c1CC(COCc1ccccc1Oc1ccc(Cl)cc1Cl)CC2. The lowest BCUT2D eigenvalue weighted by molar-refractivity contribution is 0.0800. The molecule has 0 aliphatic heterocycles. The fraction of sp³-hybridized carbons (Fsp3) is 0.205. The topological polar surface area (TPSA) is 36.3 Å². The molecule has 6 heteroatoms. The number of benzene rings is 4. The number of nitrogens with zero attached hydrogens (tertiary/aromatic N) is 2. The van der Waals surface area contributed by atoms with Crippen LogP contribution in [0.3, 0.4) is 0 Å². The maximum atomic E-state index is 6.37. The highest BCUT2D eigenvalue weighted by molar-refractivity contribution is 6.35. The molecule has 1 aliphatic carbocycles. The third-order valence-corrected chi connectivity index (χ3v) is 9.25. The lowest BCUT2D eigenvalue weighted by Crippen LogP contribution is -2.43. The van der Waals surface area contributed by atoms with E-state index in [9.17, 15) is 0 Å². The minimum atomic E-state index is -0.589. The molecule has 0 spiro atoms. The second kappa shape index (κ2) is 13.9. The van der Waals surface area contributed by atoms with Gasteiger partial charge in [-0.15, -0.1) is 13.2 Å². The van der Waals surface area contributed by atoms with Crippen molar-refractivity contribution in [1.29, 1.82) is 0 Å². The van der Waals surface area contributed by atoms with Crippen LogP contribution >= 0.6 is 23.2 Å². The third-order valence-electron chi connectivity index (χ3n) is 8.72. The number of fused-ring (bicyclic) bond motifs is 1. The summed E-state index contributed by atoms with van der Waals surface area (Å²) < 4.78 is 14.9. The van der Waals surface area contributed by atoms with Crippen molar-refractivity contribution in [3.05, 3.63) is 173 Å². The second-order valence-electron chi connectivity index (χ2n) is 11.4. The largest absolute Gasteiger partial charge is 0.455 e. The van der Waals surface area contributed by atoms with Crippen LogP contribution in [0.4, 0.5) is 0 Å². The van der Waals surface area contributed by atoms with Gasteiger partial charge in [-0.1, -0.05) is 114 Å². The van der Waals surface area contributed by atoms with E-state index < -0.39 is 5.54 Å². The number of allylic oxidation sites excluding steroid dienone is 2. The predicted molar refractivity (Wildman–Crippen MR) is 183 cm³/mol. The molecule has 6 rings (SSSR count). The molecular formula is C39H36Cl2N2O2. The number of imidazole rings is 1. The zero-order valence-electron chi connectivity index (χ0n) is 25.1. The van der Waals surface area contributed by atoms with Crippen molar-refractivity contribution in [2.75, 3.05) is 6.61 Å². The highest BCUT2D eigenvalue weighted by Crippen LogP contribution is 2.45. The fourth-order valence-corrected chi connectivity index (χ4v) is 6.99. The highest BCUT2D eigenvalue weighted by Gasteiger charge is 2.43. The molecule has 1 aromatic heterocycles. The molecule has 45 heavy (non-hydrogen) atoms. The number of hydrogen-bond acceptors (Lipinski definition) is 3. The van der Waals surface area contributed by atoms with Gasteiger partial charge < -0.3 is 14.0 Å². The van der Waals surface area contributed by atoms with Crippen molar-refractivity contribution < 1.29 is 9.47 Å². The number of hydrogen-bond donors (Lipinski definition) is 0. The van der Waals surface area contributed by atoms with E-state index in [4.69, 9.17) is 37.7 Å². The predicted octanol–water partition coefficient (Wildman–Crippen LogP) is 10.1. The fourth-order valence-electron chi connectivity index (χ4n) is 6.55. The van der Waals surface area contributed by atoms with E-state index in [0.29, 0.717) is 40.7 Å². The molecule has 0 saturated carbocycles. The van der Waals surface area contributed by atoms with Gasteiger partial charge in [-0.2, -0.15) is 0 Å². The highest BCUT2D eigenvalue weighted by atomic mass is 35.5. The normalized spacial score (nSPS) is 14.6. The molecule has 5 aromatic rings. The molecule has 0 bridgehead atoms. The van der Waals surface area contributed by atoms with Gasteiger partial charge >= 0.3 is 0 Å². The van der Waals surface area contributed by atoms with E-state index in [1.165, 1.54) is 5.69 Å². The smallest absolute Gasteiger partial charge is 0.146 e. The monoisotopic (exact) mass is 634 g/mol. The first kappa shape index (κ1) is 30.9. The Bertz CT molecular complexity index is 1720. The molecule has 1 unspecified atom stereocenters. The van der Waals surface area contributed by atoms with Crippen LogP contribution in [0.2, 0.25) is 10.0 Å². The van der Waals surface area contributed by atoms with Crippen molar-refractivity contribution >= 4 is 23.2 Å². The summed E-state index contributed by atoms with van der Waals surface area (Å²) in [5, 5.41) is 1.03. The standard InChI is InChI=1S/C39H36Cl2N2O2/c1-3-30(4-2)39(31-14-7-5-8-15-31,32-16-9-6-10-17-32)43-27-42-35-21-19-28(23-36(35)43)25-44-26-29-13-11-12-18-37(29)45-38-22-20-33(40)24-34(38)41/h3-18,20,22,24,27-28,30H,1-2,19,21,23,25-26H2. The van der Waals surface area contributed by atoms with Gasteiger partial charge in [0.15, 0.2) is 0 Å². The molecule has 0 saturated heterocycles. The Hall–Kier alpha value is -4.09. The van der Waals surface area contributed by atoms with Crippen LogP contribution in [-0.4, -0.2) is 16.2 Å². The number of halogens is 2. The van der Waals surface area contributed by atoms with Gasteiger partial charge in [-0.05, 0) is 60.6 Å². The van der Waals surface area contributed by atoms with Gasteiger partial charge in [0.05, 0.1) is 30.3 Å². The maximum Gasteiger partial charge on any atom is 0.146 e. The quantitative estimate of drug-likeness (QED) is 0.128.